The van der Waals surface area contributed by atoms with Gasteiger partial charge in [0.1, 0.15) is 11.6 Å². The zero-order valence-electron chi connectivity index (χ0n) is 18.7. The Labute approximate surface area is 195 Å². The lowest BCUT2D eigenvalue weighted by atomic mass is 10.2. The number of H-pyrrole nitrogens is 2. The first kappa shape index (κ1) is 20.4. The van der Waals surface area contributed by atoms with Crippen molar-refractivity contribution in [2.24, 2.45) is 0 Å². The highest BCUT2D eigenvalue weighted by atomic mass is 16.6. The molecule has 0 atom stereocenters. The van der Waals surface area contributed by atoms with Gasteiger partial charge in [0.2, 0.25) is 0 Å². The molecule has 5 aromatic rings. The molecule has 0 radical (unpaired) electrons. The number of nitrogens with zero attached hydrogens (tertiary/aromatic N) is 5. The number of piperazine rings is 1. The van der Waals surface area contributed by atoms with Gasteiger partial charge in [-0.25, -0.2) is 9.97 Å². The number of anilines is 1. The number of aromatic nitrogens is 4. The number of nitro benzene ring substituents is 1. The van der Waals surface area contributed by atoms with E-state index in [1.54, 1.807) is 12.1 Å². The quantitative estimate of drug-likeness (QED) is 0.308. The van der Waals surface area contributed by atoms with Gasteiger partial charge in [0.05, 0.1) is 27.0 Å². The topological polar surface area (TPSA) is 107 Å². The predicted octanol–water partition coefficient (Wildman–Crippen LogP) is 4.43. The van der Waals surface area contributed by atoms with Crippen LogP contribution in [0.15, 0.2) is 60.7 Å². The molecular formula is C25H23N7O2. The van der Waals surface area contributed by atoms with Gasteiger partial charge in [0, 0.05) is 55.1 Å². The van der Waals surface area contributed by atoms with Crippen LogP contribution >= 0.6 is 0 Å². The minimum atomic E-state index is -0.407. The molecule has 0 unspecified atom stereocenters. The van der Waals surface area contributed by atoms with E-state index in [1.165, 1.54) is 17.8 Å². The Hall–Kier alpha value is -4.24. The fraction of sp³-hybridized carbons (Fsp3) is 0.200. The number of rotatable bonds is 4. The zero-order valence-corrected chi connectivity index (χ0v) is 18.7. The maximum Gasteiger partial charge on any atom is 0.269 e. The summed E-state index contributed by atoms with van der Waals surface area (Å²) in [6.45, 7) is 4.18. The average Bonchev–Trinajstić information content (AvgIpc) is 3.48. The van der Waals surface area contributed by atoms with Gasteiger partial charge in [-0.2, -0.15) is 0 Å². The van der Waals surface area contributed by atoms with Crippen molar-refractivity contribution in [3.05, 3.63) is 70.8 Å². The van der Waals surface area contributed by atoms with Crippen molar-refractivity contribution in [3.8, 4) is 22.8 Å². The van der Waals surface area contributed by atoms with Crippen molar-refractivity contribution in [2.45, 2.75) is 0 Å². The molecule has 0 bridgehead atoms. The number of fused-ring (bicyclic) bond motifs is 2. The molecule has 0 amide bonds. The van der Waals surface area contributed by atoms with Crippen molar-refractivity contribution in [3.63, 3.8) is 0 Å². The first-order valence-electron chi connectivity index (χ1n) is 11.2. The van der Waals surface area contributed by atoms with Gasteiger partial charge in [-0.05, 0) is 55.6 Å². The second-order valence-corrected chi connectivity index (χ2v) is 8.70. The van der Waals surface area contributed by atoms with Crippen LogP contribution in [0.5, 0.6) is 0 Å². The molecule has 2 N–H and O–H groups in total. The lowest BCUT2D eigenvalue weighted by Gasteiger charge is -2.34. The minimum Gasteiger partial charge on any atom is -0.369 e. The first-order valence-corrected chi connectivity index (χ1v) is 11.2. The number of likely N-dealkylation sites (N-methyl/N-ethyl adjacent to an activating group) is 1. The Kier molecular flexibility index (Phi) is 4.77. The molecule has 6 rings (SSSR count). The van der Waals surface area contributed by atoms with Crippen molar-refractivity contribution in [1.29, 1.82) is 0 Å². The second-order valence-electron chi connectivity index (χ2n) is 8.70. The fourth-order valence-electron chi connectivity index (χ4n) is 4.43. The first-order chi connectivity index (χ1) is 16.5. The van der Waals surface area contributed by atoms with Gasteiger partial charge >= 0.3 is 0 Å². The van der Waals surface area contributed by atoms with E-state index < -0.39 is 4.92 Å². The maximum atomic E-state index is 10.9. The van der Waals surface area contributed by atoms with Crippen LogP contribution in [0.3, 0.4) is 0 Å². The molecule has 170 valence electrons. The summed E-state index contributed by atoms with van der Waals surface area (Å²) in [6.07, 6.45) is 0. The third kappa shape index (κ3) is 3.65. The predicted molar refractivity (Wildman–Crippen MR) is 133 cm³/mol. The number of aromatic amines is 2. The summed E-state index contributed by atoms with van der Waals surface area (Å²) < 4.78 is 0. The molecule has 0 aliphatic carbocycles. The number of hydrogen-bond acceptors (Lipinski definition) is 6. The molecule has 1 aliphatic rings. The summed E-state index contributed by atoms with van der Waals surface area (Å²) >= 11 is 0. The Morgan fingerprint density at radius 1 is 0.794 bits per heavy atom. The van der Waals surface area contributed by atoms with E-state index in [0.717, 1.165) is 65.2 Å². The summed E-state index contributed by atoms with van der Waals surface area (Å²) in [5, 5.41) is 10.9. The van der Waals surface area contributed by atoms with Crippen LogP contribution in [0.1, 0.15) is 0 Å². The van der Waals surface area contributed by atoms with E-state index in [-0.39, 0.29) is 5.69 Å². The van der Waals surface area contributed by atoms with Crippen LogP contribution in [0.2, 0.25) is 0 Å². The van der Waals surface area contributed by atoms with E-state index in [4.69, 9.17) is 4.98 Å². The third-order valence-electron chi connectivity index (χ3n) is 6.44. The summed E-state index contributed by atoms with van der Waals surface area (Å²) in [6, 6.07) is 18.8. The average molecular weight is 454 g/mol. The molecule has 3 aromatic carbocycles. The zero-order chi connectivity index (χ0) is 23.2. The molecule has 1 fully saturated rings. The van der Waals surface area contributed by atoms with Crippen LogP contribution in [0, 0.1) is 10.1 Å². The summed E-state index contributed by atoms with van der Waals surface area (Å²) in [5.41, 5.74) is 6.68. The Morgan fingerprint density at radius 2 is 1.38 bits per heavy atom. The maximum absolute atomic E-state index is 10.9. The fourth-order valence-corrected chi connectivity index (χ4v) is 4.43. The smallest absolute Gasteiger partial charge is 0.269 e. The number of hydrogen-bond donors (Lipinski definition) is 2. The highest BCUT2D eigenvalue weighted by molar-refractivity contribution is 5.87. The lowest BCUT2D eigenvalue weighted by Crippen LogP contribution is -2.44. The van der Waals surface area contributed by atoms with Crippen LogP contribution < -0.4 is 4.90 Å². The highest BCUT2D eigenvalue weighted by Crippen LogP contribution is 2.28. The molecule has 0 saturated carbocycles. The number of benzene rings is 3. The van der Waals surface area contributed by atoms with E-state index in [1.807, 2.05) is 18.2 Å². The van der Waals surface area contributed by atoms with E-state index in [2.05, 4.69) is 50.0 Å². The molecule has 9 heteroatoms. The summed E-state index contributed by atoms with van der Waals surface area (Å²) in [7, 11) is 2.16. The normalized spacial score (nSPS) is 14.8. The van der Waals surface area contributed by atoms with Crippen LogP contribution in [0.4, 0.5) is 11.4 Å². The van der Waals surface area contributed by atoms with Gasteiger partial charge in [0.25, 0.3) is 5.69 Å². The summed E-state index contributed by atoms with van der Waals surface area (Å²) in [4.78, 5) is 31.5. The second kappa shape index (κ2) is 7.96. The van der Waals surface area contributed by atoms with Gasteiger partial charge in [-0.1, -0.05) is 0 Å². The van der Waals surface area contributed by atoms with E-state index in [9.17, 15) is 10.1 Å². The Bertz CT molecular complexity index is 1510. The molecular weight excluding hydrogens is 430 g/mol. The lowest BCUT2D eigenvalue weighted by molar-refractivity contribution is -0.384. The number of nitrogens with one attached hydrogen (secondary N) is 2. The van der Waals surface area contributed by atoms with Gasteiger partial charge in [0.15, 0.2) is 0 Å². The number of nitro groups is 1. The van der Waals surface area contributed by atoms with Crippen molar-refractivity contribution >= 4 is 33.4 Å². The van der Waals surface area contributed by atoms with Gasteiger partial charge in [-0.3, -0.25) is 10.1 Å². The molecule has 2 aromatic heterocycles. The van der Waals surface area contributed by atoms with E-state index in [0.29, 0.717) is 5.82 Å². The molecule has 9 nitrogen and oxygen atoms in total. The monoisotopic (exact) mass is 453 g/mol. The number of imidazole rings is 2. The third-order valence-corrected chi connectivity index (χ3v) is 6.44. The van der Waals surface area contributed by atoms with Crippen LogP contribution in [-0.2, 0) is 0 Å². The minimum absolute atomic E-state index is 0.0582. The molecule has 1 aliphatic heterocycles. The molecule has 34 heavy (non-hydrogen) atoms. The van der Waals surface area contributed by atoms with Gasteiger partial charge in [-0.15, -0.1) is 0 Å². The molecule has 0 spiro atoms. The molecule has 1 saturated heterocycles. The van der Waals surface area contributed by atoms with Crippen molar-refractivity contribution in [1.82, 2.24) is 24.8 Å². The summed E-state index contributed by atoms with van der Waals surface area (Å²) in [5.74, 6) is 1.47. The largest absolute Gasteiger partial charge is 0.369 e. The van der Waals surface area contributed by atoms with Crippen molar-refractivity contribution in [2.75, 3.05) is 38.1 Å². The van der Waals surface area contributed by atoms with Crippen molar-refractivity contribution < 1.29 is 4.92 Å². The SMILES string of the molecule is CN1CCN(c2ccc3nc(-c4ccc5nc(-c6ccc([N+](=O)[O-])cc6)[nH]c5c4)[nH]c3c2)CC1. The van der Waals surface area contributed by atoms with E-state index >= 15 is 0 Å². The standard InChI is InChI=1S/C25H23N7O2/c1-30-10-12-31(13-11-30)19-7-9-21-23(15-19)29-25(27-21)17-4-8-20-22(14-17)28-24(26-20)16-2-5-18(6-3-16)32(33)34/h2-9,14-15H,10-13H2,1H3,(H,26,28)(H,27,29). The Balaban J connectivity index is 1.30. The molecule has 3 heterocycles. The highest BCUT2D eigenvalue weighted by Gasteiger charge is 2.16. The van der Waals surface area contributed by atoms with Crippen LogP contribution in [-0.4, -0.2) is 63.0 Å². The Morgan fingerprint density at radius 3 is 2.06 bits per heavy atom. The van der Waals surface area contributed by atoms with Gasteiger partial charge < -0.3 is 19.8 Å². The number of non-ortho nitro benzene ring substituents is 1. The van der Waals surface area contributed by atoms with Crippen LogP contribution in [0.25, 0.3) is 44.8 Å².